The fraction of sp³-hybridized carbons (Fsp3) is 0.250. The predicted octanol–water partition coefficient (Wildman–Crippen LogP) is 1.86. The summed E-state index contributed by atoms with van der Waals surface area (Å²) < 4.78 is 2.81. The lowest BCUT2D eigenvalue weighted by Crippen LogP contribution is -2.54. The van der Waals surface area contributed by atoms with E-state index in [-0.39, 0.29) is 11.1 Å². The van der Waals surface area contributed by atoms with Crippen molar-refractivity contribution in [2.45, 2.75) is 37.9 Å². The van der Waals surface area contributed by atoms with E-state index in [0.29, 0.717) is 33.9 Å². The minimum absolute atomic E-state index is 0.317. The van der Waals surface area contributed by atoms with Gasteiger partial charge in [-0.1, -0.05) is 36.4 Å². The third-order valence-electron chi connectivity index (χ3n) is 6.40. The Morgan fingerprint density at radius 1 is 0.656 bits per heavy atom. The Kier molecular flexibility index (Phi) is 4.76. The van der Waals surface area contributed by atoms with Crippen LogP contribution in [0.3, 0.4) is 0 Å². The van der Waals surface area contributed by atoms with Crippen molar-refractivity contribution in [2.24, 2.45) is 0 Å². The number of aliphatic hydroxyl groups excluding tert-OH is 2. The third-order valence-corrected chi connectivity index (χ3v) is 6.40. The first-order chi connectivity index (χ1) is 15.4. The van der Waals surface area contributed by atoms with Crippen molar-refractivity contribution < 1.29 is 10.2 Å². The van der Waals surface area contributed by atoms with Crippen LogP contribution in [0.15, 0.2) is 70.3 Å². The SMILES string of the molecule is Cc1[nH]n(-c2ccccc2)c(=O)c1C1C(O)C(c2c(C)[nH]n(-c3ccccc3)c2=O)C1O. The summed E-state index contributed by atoms with van der Waals surface area (Å²) in [7, 11) is 0. The van der Waals surface area contributed by atoms with Crippen LogP contribution >= 0.6 is 0 Å². The molecule has 0 saturated heterocycles. The topological polar surface area (TPSA) is 116 Å². The zero-order valence-corrected chi connectivity index (χ0v) is 17.7. The Labute approximate surface area is 183 Å². The first kappa shape index (κ1) is 20.3. The number of H-pyrrole nitrogens is 2. The molecule has 0 bridgehead atoms. The van der Waals surface area contributed by atoms with Gasteiger partial charge in [0.05, 0.1) is 23.6 Å². The zero-order chi connectivity index (χ0) is 22.6. The summed E-state index contributed by atoms with van der Waals surface area (Å²) >= 11 is 0. The third kappa shape index (κ3) is 2.91. The number of hydrogen-bond acceptors (Lipinski definition) is 4. The van der Waals surface area contributed by atoms with Gasteiger partial charge in [-0.25, -0.2) is 9.36 Å². The molecule has 0 aliphatic heterocycles. The quantitative estimate of drug-likeness (QED) is 0.394. The second-order valence-corrected chi connectivity index (χ2v) is 8.29. The second-order valence-electron chi connectivity index (χ2n) is 8.29. The van der Waals surface area contributed by atoms with Gasteiger partial charge in [0.25, 0.3) is 11.1 Å². The monoisotopic (exact) mass is 432 g/mol. The number of aromatic amines is 2. The smallest absolute Gasteiger partial charge is 0.275 e. The van der Waals surface area contributed by atoms with Crippen LogP contribution in [0.4, 0.5) is 0 Å². The molecule has 1 aliphatic rings. The van der Waals surface area contributed by atoms with Crippen molar-refractivity contribution in [2.75, 3.05) is 0 Å². The largest absolute Gasteiger partial charge is 0.392 e. The highest BCUT2D eigenvalue weighted by Crippen LogP contribution is 2.47. The Morgan fingerprint density at radius 2 is 1.00 bits per heavy atom. The van der Waals surface area contributed by atoms with E-state index in [1.807, 2.05) is 36.4 Å². The fourth-order valence-electron chi connectivity index (χ4n) is 4.81. The van der Waals surface area contributed by atoms with E-state index in [2.05, 4.69) is 10.2 Å². The van der Waals surface area contributed by atoms with E-state index >= 15 is 0 Å². The van der Waals surface area contributed by atoms with E-state index in [0.717, 1.165) is 0 Å². The van der Waals surface area contributed by atoms with E-state index < -0.39 is 24.0 Å². The molecule has 1 aliphatic carbocycles. The number of rotatable bonds is 4. The van der Waals surface area contributed by atoms with E-state index in [4.69, 9.17) is 0 Å². The molecule has 0 spiro atoms. The van der Waals surface area contributed by atoms with Crippen molar-refractivity contribution in [3.63, 3.8) is 0 Å². The van der Waals surface area contributed by atoms with Crippen LogP contribution in [-0.2, 0) is 0 Å². The van der Waals surface area contributed by atoms with Gasteiger partial charge in [0.1, 0.15) is 0 Å². The molecule has 0 unspecified atom stereocenters. The van der Waals surface area contributed by atoms with Gasteiger partial charge in [-0.05, 0) is 38.1 Å². The molecule has 4 aromatic rings. The van der Waals surface area contributed by atoms with Gasteiger partial charge in [-0.2, -0.15) is 0 Å². The van der Waals surface area contributed by atoms with Crippen molar-refractivity contribution >= 4 is 0 Å². The predicted molar refractivity (Wildman–Crippen MR) is 120 cm³/mol. The maximum Gasteiger partial charge on any atom is 0.275 e. The maximum absolute atomic E-state index is 13.1. The molecule has 8 heteroatoms. The van der Waals surface area contributed by atoms with E-state index in [1.165, 1.54) is 9.36 Å². The molecular formula is C24H24N4O4. The van der Waals surface area contributed by atoms with Crippen LogP contribution in [0.25, 0.3) is 11.4 Å². The van der Waals surface area contributed by atoms with Crippen LogP contribution in [0.1, 0.15) is 34.4 Å². The number of para-hydroxylation sites is 2. The van der Waals surface area contributed by atoms with Crippen molar-refractivity contribution in [3.05, 3.63) is 104 Å². The molecule has 4 N–H and O–H groups in total. The number of nitrogens with one attached hydrogen (secondary N) is 2. The molecule has 1 saturated carbocycles. The number of aryl methyl sites for hydroxylation is 2. The molecule has 1 fully saturated rings. The molecule has 2 heterocycles. The molecular weight excluding hydrogens is 408 g/mol. The molecule has 0 atom stereocenters. The average Bonchev–Trinajstić information content (AvgIpc) is 3.26. The summed E-state index contributed by atoms with van der Waals surface area (Å²) in [6.07, 6.45) is -2.13. The van der Waals surface area contributed by atoms with Crippen LogP contribution in [0, 0.1) is 13.8 Å². The van der Waals surface area contributed by atoms with Crippen LogP contribution in [0.5, 0.6) is 0 Å². The minimum atomic E-state index is -1.07. The molecule has 0 amide bonds. The van der Waals surface area contributed by atoms with Gasteiger partial charge in [0.15, 0.2) is 0 Å². The van der Waals surface area contributed by atoms with Gasteiger partial charge in [0.2, 0.25) is 0 Å². The molecule has 8 nitrogen and oxygen atoms in total. The maximum atomic E-state index is 13.1. The average molecular weight is 432 g/mol. The van der Waals surface area contributed by atoms with Gasteiger partial charge in [-0.3, -0.25) is 19.8 Å². The standard InChI is InChI=1S/C24H24N4O4/c1-13-17(23(31)27(25-13)15-9-5-3-6-10-15)19-21(29)20(22(19)30)18-14(2)26-28(24(18)32)16-11-7-4-8-12-16/h3-12,19-22,25-26,29-30H,1-2H3. The van der Waals surface area contributed by atoms with Gasteiger partial charge < -0.3 is 10.2 Å². The fourth-order valence-corrected chi connectivity index (χ4v) is 4.81. The normalized spacial score (nSPS) is 22.6. The zero-order valence-electron chi connectivity index (χ0n) is 17.7. The molecule has 2 aromatic heterocycles. The van der Waals surface area contributed by atoms with Crippen molar-refractivity contribution in [1.29, 1.82) is 0 Å². The minimum Gasteiger partial charge on any atom is -0.392 e. The van der Waals surface area contributed by atoms with E-state index in [9.17, 15) is 19.8 Å². The Hall–Kier alpha value is -3.62. The van der Waals surface area contributed by atoms with Gasteiger partial charge in [-0.15, -0.1) is 0 Å². The van der Waals surface area contributed by atoms with Crippen LogP contribution in [0.2, 0.25) is 0 Å². The first-order valence-electron chi connectivity index (χ1n) is 10.5. The molecule has 32 heavy (non-hydrogen) atoms. The number of aromatic nitrogens is 4. The summed E-state index contributed by atoms with van der Waals surface area (Å²) in [6.45, 7) is 3.49. The molecule has 2 aromatic carbocycles. The Balaban J connectivity index is 1.51. The van der Waals surface area contributed by atoms with Crippen LogP contribution in [-0.4, -0.2) is 42.0 Å². The lowest BCUT2D eigenvalue weighted by molar-refractivity contribution is -0.0796. The highest BCUT2D eigenvalue weighted by atomic mass is 16.3. The van der Waals surface area contributed by atoms with Gasteiger partial charge in [0, 0.05) is 34.4 Å². The Morgan fingerprint density at radius 3 is 1.34 bits per heavy atom. The van der Waals surface area contributed by atoms with Crippen LogP contribution < -0.4 is 11.1 Å². The molecule has 164 valence electrons. The van der Waals surface area contributed by atoms with E-state index in [1.54, 1.807) is 38.1 Å². The summed E-state index contributed by atoms with van der Waals surface area (Å²) in [5.74, 6) is -1.57. The summed E-state index contributed by atoms with van der Waals surface area (Å²) in [5, 5.41) is 28.1. The van der Waals surface area contributed by atoms with Crippen molar-refractivity contribution in [3.8, 4) is 11.4 Å². The lowest BCUT2D eigenvalue weighted by Gasteiger charge is -2.45. The number of hydrogen-bond donors (Lipinski definition) is 4. The second kappa shape index (κ2) is 7.51. The Bertz CT molecular complexity index is 1270. The number of benzene rings is 2. The summed E-state index contributed by atoms with van der Waals surface area (Å²) in [5.41, 5.74) is 2.52. The van der Waals surface area contributed by atoms with Crippen molar-refractivity contribution in [1.82, 2.24) is 19.6 Å². The lowest BCUT2D eigenvalue weighted by atomic mass is 9.63. The highest BCUT2D eigenvalue weighted by Gasteiger charge is 2.54. The molecule has 0 radical (unpaired) electrons. The number of nitrogens with zero attached hydrogens (tertiary/aromatic N) is 2. The van der Waals surface area contributed by atoms with Gasteiger partial charge >= 0.3 is 0 Å². The molecule has 5 rings (SSSR count). The highest BCUT2D eigenvalue weighted by molar-refractivity contribution is 5.41. The summed E-state index contributed by atoms with van der Waals surface area (Å²) in [6, 6.07) is 18.2. The number of aliphatic hydroxyl groups is 2. The first-order valence-corrected chi connectivity index (χ1v) is 10.5. The summed E-state index contributed by atoms with van der Waals surface area (Å²) in [4.78, 5) is 26.2.